The van der Waals surface area contributed by atoms with Crippen LogP contribution in [0.1, 0.15) is 201 Å². The molecule has 0 aromatic heterocycles. The quantitative estimate of drug-likeness (QED) is 0.0458. The van der Waals surface area contributed by atoms with Gasteiger partial charge in [0.05, 0.1) is 6.61 Å². The highest BCUT2D eigenvalue weighted by Crippen LogP contribution is 2.21. The summed E-state index contributed by atoms with van der Waals surface area (Å²) in [5.74, 6) is 0.275. The molecule has 234 valence electrons. The maximum atomic E-state index is 12.1. The molecule has 0 spiro atoms. The lowest BCUT2D eigenvalue weighted by Gasteiger charge is -2.18. The van der Waals surface area contributed by atoms with Crippen LogP contribution in [0, 0.1) is 5.92 Å². The smallest absolute Gasteiger partial charge is 0.335 e. The fourth-order valence-electron chi connectivity index (χ4n) is 5.59. The van der Waals surface area contributed by atoms with Crippen molar-refractivity contribution in [2.75, 3.05) is 6.61 Å². The second kappa shape index (κ2) is 32.4. The average molecular weight is 571 g/mol. The van der Waals surface area contributed by atoms with Crippen molar-refractivity contribution in [2.24, 2.45) is 5.92 Å². The molecule has 0 fully saturated rings. The number of unbranched alkanes of at least 4 members (excludes halogenated alkanes) is 24. The van der Waals surface area contributed by atoms with E-state index >= 15 is 0 Å². The first-order valence-electron chi connectivity index (χ1n) is 17.7. The molecule has 0 radical (unpaired) electrons. The predicted molar refractivity (Wildman–Crippen MR) is 175 cm³/mol. The molecule has 0 bridgehead atoms. The van der Waals surface area contributed by atoms with Gasteiger partial charge in [-0.05, 0) is 25.7 Å². The van der Waals surface area contributed by atoms with Crippen LogP contribution in [0.15, 0.2) is 0 Å². The Morgan fingerprint density at radius 2 is 0.795 bits per heavy atom. The summed E-state index contributed by atoms with van der Waals surface area (Å²) in [5, 5.41) is 0. The zero-order chi connectivity index (χ0) is 28.7. The van der Waals surface area contributed by atoms with Crippen LogP contribution in [0.3, 0.4) is 0 Å². The number of esters is 1. The molecule has 4 heteroatoms. The molecule has 0 aliphatic rings. The summed E-state index contributed by atoms with van der Waals surface area (Å²) in [4.78, 5) is 12.1. The Morgan fingerprint density at radius 1 is 0.513 bits per heavy atom. The number of carbonyl (C=O) groups excluding carboxylic acids is 1. The highest BCUT2D eigenvalue weighted by molar-refractivity contribution is 7.09. The summed E-state index contributed by atoms with van der Waals surface area (Å²) in [5.41, 5.74) is 0. The van der Waals surface area contributed by atoms with Crippen LogP contribution in [-0.2, 0) is 14.1 Å². The van der Waals surface area contributed by atoms with Gasteiger partial charge < -0.3 is 9.26 Å². The third kappa shape index (κ3) is 29.2. The minimum Gasteiger partial charge on any atom is -0.463 e. The number of hydrogen-bond donors (Lipinski definition) is 0. The first kappa shape index (κ1) is 38.9. The fourth-order valence-corrected chi connectivity index (χ4v) is 5.70. The first-order chi connectivity index (χ1) is 19.2. The number of ether oxygens (including phenoxy) is 1. The summed E-state index contributed by atoms with van der Waals surface area (Å²) in [6.45, 7) is 6.90. The molecular formula is C35H71O3P. The Kier molecular flexibility index (Phi) is 32.3. The van der Waals surface area contributed by atoms with E-state index in [1.54, 1.807) is 6.92 Å². The van der Waals surface area contributed by atoms with E-state index in [1.807, 2.05) is 0 Å². The summed E-state index contributed by atoms with van der Waals surface area (Å²) in [6, 6.07) is 0. The Balaban J connectivity index is 3.86. The van der Waals surface area contributed by atoms with E-state index in [2.05, 4.69) is 23.3 Å². The van der Waals surface area contributed by atoms with Gasteiger partial charge in [-0.3, -0.25) is 0 Å². The normalized spacial score (nSPS) is 13.0. The van der Waals surface area contributed by atoms with Crippen LogP contribution in [-0.4, -0.2) is 18.7 Å². The monoisotopic (exact) mass is 571 g/mol. The predicted octanol–water partition coefficient (Wildman–Crippen LogP) is 12.3. The molecule has 0 rings (SSSR count). The molecule has 39 heavy (non-hydrogen) atoms. The summed E-state index contributed by atoms with van der Waals surface area (Å²) >= 11 is 0. The van der Waals surface area contributed by atoms with Crippen molar-refractivity contribution >= 4 is 15.4 Å². The Hall–Kier alpha value is -0.140. The van der Waals surface area contributed by atoms with E-state index < -0.39 is 6.10 Å². The van der Waals surface area contributed by atoms with Crippen molar-refractivity contribution in [2.45, 2.75) is 207 Å². The molecule has 3 atom stereocenters. The van der Waals surface area contributed by atoms with Crippen molar-refractivity contribution in [3.8, 4) is 0 Å². The lowest BCUT2D eigenvalue weighted by Crippen LogP contribution is -2.23. The second-order valence-corrected chi connectivity index (χ2v) is 12.6. The van der Waals surface area contributed by atoms with Crippen LogP contribution >= 0.6 is 9.47 Å². The van der Waals surface area contributed by atoms with E-state index in [0.717, 1.165) is 0 Å². The molecule has 0 aliphatic carbocycles. The van der Waals surface area contributed by atoms with Gasteiger partial charge in [0.2, 0.25) is 0 Å². The van der Waals surface area contributed by atoms with E-state index in [0.29, 0.717) is 12.5 Å². The zero-order valence-electron chi connectivity index (χ0n) is 27.0. The van der Waals surface area contributed by atoms with Crippen LogP contribution < -0.4 is 0 Å². The Bertz CT molecular complexity index is 485. The maximum Gasteiger partial charge on any atom is 0.335 e. The minimum atomic E-state index is -0.497. The lowest BCUT2D eigenvalue weighted by molar-refractivity contribution is -0.152. The second-order valence-electron chi connectivity index (χ2n) is 12.3. The first-order valence-corrected chi connectivity index (χ1v) is 18.1. The Morgan fingerprint density at radius 3 is 1.08 bits per heavy atom. The van der Waals surface area contributed by atoms with Crippen molar-refractivity contribution < 1.29 is 14.1 Å². The van der Waals surface area contributed by atoms with Crippen molar-refractivity contribution in [1.29, 1.82) is 0 Å². The van der Waals surface area contributed by atoms with Gasteiger partial charge in [-0.2, -0.15) is 0 Å². The molecule has 0 aliphatic heterocycles. The molecule has 3 nitrogen and oxygen atoms in total. The molecule has 0 heterocycles. The largest absolute Gasteiger partial charge is 0.463 e. The van der Waals surface area contributed by atoms with E-state index in [-0.39, 0.29) is 5.97 Å². The number of carbonyl (C=O) groups is 1. The molecule has 0 saturated heterocycles. The molecule has 0 aromatic carbocycles. The highest BCUT2D eigenvalue weighted by atomic mass is 31.0. The third-order valence-corrected chi connectivity index (χ3v) is 8.84. The molecule has 0 N–H and O–H groups in total. The average Bonchev–Trinajstić information content (AvgIpc) is 2.95. The van der Waals surface area contributed by atoms with Gasteiger partial charge in [-0.1, -0.05) is 181 Å². The summed E-state index contributed by atoms with van der Waals surface area (Å²) in [6.07, 6.45) is 38.1. The van der Waals surface area contributed by atoms with Gasteiger partial charge in [-0.25, -0.2) is 4.79 Å². The van der Waals surface area contributed by atoms with Crippen LogP contribution in [0.2, 0.25) is 0 Å². The van der Waals surface area contributed by atoms with Crippen molar-refractivity contribution in [3.63, 3.8) is 0 Å². The standard InChI is InChI=1S/C35H71O3P/c1-4-6-8-10-12-14-16-18-19-21-23-25-27-29-31-34(32-37-35(36)33(3)38-39)30-28-26-24-22-20-17-15-13-11-9-7-5-2/h33-34H,4-32,39H2,1-3H3. The Labute approximate surface area is 248 Å². The molecule has 3 unspecified atom stereocenters. The SMILES string of the molecule is CCCCCCCCCCCCCCCCC(CCCCCCCCCCCCCC)COC(=O)C(C)OP. The number of hydrogen-bond acceptors (Lipinski definition) is 3. The summed E-state index contributed by atoms with van der Waals surface area (Å²) in [7, 11) is 2.17. The maximum absolute atomic E-state index is 12.1. The molecular weight excluding hydrogens is 499 g/mol. The van der Waals surface area contributed by atoms with Gasteiger partial charge in [0, 0.05) is 9.47 Å². The van der Waals surface area contributed by atoms with Gasteiger partial charge in [-0.15, -0.1) is 0 Å². The third-order valence-electron chi connectivity index (χ3n) is 8.43. The van der Waals surface area contributed by atoms with Crippen molar-refractivity contribution in [1.82, 2.24) is 0 Å². The topological polar surface area (TPSA) is 35.5 Å². The lowest BCUT2D eigenvalue weighted by atomic mass is 9.94. The van der Waals surface area contributed by atoms with Crippen molar-refractivity contribution in [3.05, 3.63) is 0 Å². The van der Waals surface area contributed by atoms with E-state index in [9.17, 15) is 4.79 Å². The van der Waals surface area contributed by atoms with E-state index in [1.165, 1.54) is 180 Å². The van der Waals surface area contributed by atoms with Gasteiger partial charge in [0.25, 0.3) is 0 Å². The van der Waals surface area contributed by atoms with E-state index in [4.69, 9.17) is 9.26 Å². The fraction of sp³-hybridized carbons (Fsp3) is 0.971. The molecule has 0 aromatic rings. The van der Waals surface area contributed by atoms with Crippen LogP contribution in [0.5, 0.6) is 0 Å². The molecule has 0 amide bonds. The van der Waals surface area contributed by atoms with Gasteiger partial charge in [0.15, 0.2) is 6.10 Å². The van der Waals surface area contributed by atoms with Crippen LogP contribution in [0.25, 0.3) is 0 Å². The molecule has 0 saturated carbocycles. The highest BCUT2D eigenvalue weighted by Gasteiger charge is 2.16. The summed E-state index contributed by atoms with van der Waals surface area (Å²) < 4.78 is 10.7. The number of rotatable bonds is 32. The van der Waals surface area contributed by atoms with Crippen LogP contribution in [0.4, 0.5) is 0 Å². The van der Waals surface area contributed by atoms with Gasteiger partial charge >= 0.3 is 5.97 Å². The minimum absolute atomic E-state index is 0.231. The van der Waals surface area contributed by atoms with Gasteiger partial charge in [0.1, 0.15) is 0 Å². The zero-order valence-corrected chi connectivity index (χ0v) is 28.1.